The largest absolute Gasteiger partial charge is 0.493 e. The second-order valence-corrected chi connectivity index (χ2v) is 8.21. The molecule has 0 fully saturated rings. The van der Waals surface area contributed by atoms with E-state index >= 15 is 0 Å². The number of nitrogens with one attached hydrogen (secondary N) is 1. The van der Waals surface area contributed by atoms with E-state index in [4.69, 9.17) is 18.9 Å². The first-order chi connectivity index (χ1) is 19.0. The molecule has 0 aliphatic rings. The molecule has 0 aliphatic carbocycles. The van der Waals surface area contributed by atoms with E-state index in [-0.39, 0.29) is 5.69 Å². The van der Waals surface area contributed by atoms with Crippen molar-refractivity contribution >= 4 is 22.6 Å². The first kappa shape index (κ1) is 25.4. The molecule has 12 nitrogen and oxygen atoms in total. The average Bonchev–Trinajstić information content (AvgIpc) is 3.38. The molecule has 4 heterocycles. The number of methoxy groups -OCH3 is 2. The Morgan fingerprint density at radius 3 is 2.51 bits per heavy atom. The van der Waals surface area contributed by atoms with Crippen LogP contribution in [0.3, 0.4) is 0 Å². The highest BCUT2D eigenvalue weighted by Gasteiger charge is 2.20. The van der Waals surface area contributed by atoms with Crippen molar-refractivity contribution in [2.24, 2.45) is 0 Å². The van der Waals surface area contributed by atoms with E-state index in [1.54, 1.807) is 69.3 Å². The van der Waals surface area contributed by atoms with Gasteiger partial charge in [0.25, 0.3) is 5.91 Å². The summed E-state index contributed by atoms with van der Waals surface area (Å²) in [5.74, 6) is 2.76. The summed E-state index contributed by atoms with van der Waals surface area (Å²) in [4.78, 5) is 30.3. The Hall–Kier alpha value is -5.26. The van der Waals surface area contributed by atoms with Gasteiger partial charge in [0.15, 0.2) is 28.8 Å². The Morgan fingerprint density at radius 2 is 1.79 bits per heavy atom. The lowest BCUT2D eigenvalue weighted by molar-refractivity contribution is 0.101. The molecule has 39 heavy (non-hydrogen) atoms. The van der Waals surface area contributed by atoms with Crippen molar-refractivity contribution in [3.8, 4) is 34.6 Å². The minimum absolute atomic E-state index is 0.0925. The lowest BCUT2D eigenvalue weighted by Gasteiger charge is -2.12. The van der Waals surface area contributed by atoms with Gasteiger partial charge in [-0.25, -0.2) is 14.6 Å². The fourth-order valence-electron chi connectivity index (χ4n) is 3.81. The first-order valence-corrected chi connectivity index (χ1v) is 12.0. The predicted molar refractivity (Wildman–Crippen MR) is 142 cm³/mol. The Labute approximate surface area is 223 Å². The van der Waals surface area contributed by atoms with Crippen molar-refractivity contribution in [3.63, 3.8) is 0 Å². The van der Waals surface area contributed by atoms with Gasteiger partial charge in [0.05, 0.1) is 50.6 Å². The molecule has 0 unspecified atom stereocenters. The van der Waals surface area contributed by atoms with Gasteiger partial charge < -0.3 is 24.3 Å². The molecule has 1 amide bonds. The van der Waals surface area contributed by atoms with Crippen molar-refractivity contribution < 1.29 is 23.7 Å². The minimum Gasteiger partial charge on any atom is -0.493 e. The van der Waals surface area contributed by atoms with Crippen LogP contribution in [-0.4, -0.2) is 56.5 Å². The van der Waals surface area contributed by atoms with Crippen LogP contribution in [0.15, 0.2) is 61.3 Å². The third-order valence-electron chi connectivity index (χ3n) is 5.59. The molecule has 1 aromatic carbocycles. The molecule has 0 saturated carbocycles. The maximum atomic E-state index is 13.1. The quantitative estimate of drug-likeness (QED) is 0.294. The molecule has 0 saturated heterocycles. The van der Waals surface area contributed by atoms with Gasteiger partial charge in [-0.3, -0.25) is 14.8 Å². The average molecular weight is 528 g/mol. The molecular formula is C27H25N7O5. The molecule has 12 heteroatoms. The normalized spacial score (nSPS) is 10.8. The van der Waals surface area contributed by atoms with Crippen LogP contribution in [0.5, 0.6) is 28.7 Å². The number of nitrogens with zero attached hydrogens (tertiary/aromatic N) is 6. The number of hydrogen-bond donors (Lipinski definition) is 1. The minimum atomic E-state index is -0.486. The first-order valence-electron chi connectivity index (χ1n) is 12.0. The number of carbonyl (C=O) groups excluding carboxylic acids is 1. The Kier molecular flexibility index (Phi) is 7.17. The number of pyridine rings is 2. The molecule has 0 radical (unpaired) electrons. The van der Waals surface area contributed by atoms with E-state index in [1.807, 2.05) is 13.8 Å². The summed E-state index contributed by atoms with van der Waals surface area (Å²) in [6, 6.07) is 8.65. The predicted octanol–water partition coefficient (Wildman–Crippen LogP) is 4.37. The lowest BCUT2D eigenvalue weighted by Crippen LogP contribution is -2.15. The summed E-state index contributed by atoms with van der Waals surface area (Å²) in [5, 5.41) is 7.85. The molecule has 5 rings (SSSR count). The molecule has 0 aliphatic heterocycles. The molecule has 5 aromatic rings. The van der Waals surface area contributed by atoms with E-state index in [9.17, 15) is 4.79 Å². The lowest BCUT2D eigenvalue weighted by atomic mass is 10.2. The summed E-state index contributed by atoms with van der Waals surface area (Å²) in [6.45, 7) is 4.00. The third-order valence-corrected chi connectivity index (χ3v) is 5.59. The van der Waals surface area contributed by atoms with Crippen molar-refractivity contribution in [1.29, 1.82) is 0 Å². The van der Waals surface area contributed by atoms with E-state index in [0.717, 1.165) is 11.1 Å². The molecular weight excluding hydrogens is 502 g/mol. The van der Waals surface area contributed by atoms with Gasteiger partial charge in [0.2, 0.25) is 0 Å². The highest BCUT2D eigenvalue weighted by Crippen LogP contribution is 2.36. The van der Waals surface area contributed by atoms with Crippen LogP contribution in [0.4, 0.5) is 5.82 Å². The van der Waals surface area contributed by atoms with Gasteiger partial charge in [-0.1, -0.05) is 0 Å². The summed E-state index contributed by atoms with van der Waals surface area (Å²) >= 11 is 0. The standard InChI is InChI=1S/C27H25N7O5/c1-5-38-23-15-34(25-14-28-12-16(2)31-25)33-26(23)27(35)32-24-7-6-17(13-30-24)39-20-8-9-29-19-11-22(37-4)21(36-3)10-18(19)20/h6-15H,5H2,1-4H3,(H,30,32,35). The summed E-state index contributed by atoms with van der Waals surface area (Å²) < 4.78 is 23.9. The third kappa shape index (κ3) is 5.39. The number of aryl methyl sites for hydroxylation is 1. The van der Waals surface area contributed by atoms with Crippen molar-refractivity contribution in [1.82, 2.24) is 29.7 Å². The van der Waals surface area contributed by atoms with E-state index in [0.29, 0.717) is 52.5 Å². The number of carbonyl (C=O) groups is 1. The number of hydrogen-bond acceptors (Lipinski definition) is 10. The summed E-state index contributed by atoms with van der Waals surface area (Å²) in [7, 11) is 3.13. The second kappa shape index (κ2) is 11.0. The summed E-state index contributed by atoms with van der Waals surface area (Å²) in [6.07, 6.45) is 7.93. The Morgan fingerprint density at radius 1 is 0.974 bits per heavy atom. The van der Waals surface area contributed by atoms with Crippen LogP contribution < -0.4 is 24.3 Å². The number of aromatic nitrogens is 6. The SMILES string of the molecule is CCOc1cn(-c2cncc(C)n2)nc1C(=O)Nc1ccc(Oc2ccnc3cc(OC)c(OC)cc23)cn1. The topological polar surface area (TPSA) is 135 Å². The van der Waals surface area contributed by atoms with Gasteiger partial charge in [-0.2, -0.15) is 5.10 Å². The van der Waals surface area contributed by atoms with E-state index in [1.165, 1.54) is 10.9 Å². The van der Waals surface area contributed by atoms with Crippen LogP contribution in [0.1, 0.15) is 23.1 Å². The molecule has 0 spiro atoms. The number of benzene rings is 1. The molecule has 198 valence electrons. The fraction of sp³-hybridized carbons (Fsp3) is 0.185. The zero-order valence-corrected chi connectivity index (χ0v) is 21.7. The maximum absolute atomic E-state index is 13.1. The van der Waals surface area contributed by atoms with E-state index < -0.39 is 5.91 Å². The van der Waals surface area contributed by atoms with Crippen LogP contribution >= 0.6 is 0 Å². The number of anilines is 1. The number of fused-ring (bicyclic) bond motifs is 1. The smallest absolute Gasteiger partial charge is 0.281 e. The zero-order valence-electron chi connectivity index (χ0n) is 21.7. The van der Waals surface area contributed by atoms with Crippen molar-refractivity contribution in [2.45, 2.75) is 13.8 Å². The van der Waals surface area contributed by atoms with Crippen molar-refractivity contribution in [2.75, 3.05) is 26.1 Å². The van der Waals surface area contributed by atoms with Crippen LogP contribution in [-0.2, 0) is 0 Å². The van der Waals surface area contributed by atoms with Gasteiger partial charge in [0, 0.05) is 23.8 Å². The zero-order chi connectivity index (χ0) is 27.4. The maximum Gasteiger partial charge on any atom is 0.281 e. The number of amides is 1. The van der Waals surface area contributed by atoms with Gasteiger partial charge in [-0.05, 0) is 38.1 Å². The van der Waals surface area contributed by atoms with Crippen LogP contribution in [0.2, 0.25) is 0 Å². The van der Waals surface area contributed by atoms with Gasteiger partial charge in [0.1, 0.15) is 17.3 Å². The molecule has 0 atom stereocenters. The monoisotopic (exact) mass is 527 g/mol. The molecule has 1 N–H and O–H groups in total. The number of rotatable bonds is 9. The second-order valence-electron chi connectivity index (χ2n) is 8.21. The number of ether oxygens (including phenoxy) is 4. The van der Waals surface area contributed by atoms with Crippen molar-refractivity contribution in [3.05, 3.63) is 72.7 Å². The van der Waals surface area contributed by atoms with Crippen LogP contribution in [0, 0.1) is 6.92 Å². The highest BCUT2D eigenvalue weighted by atomic mass is 16.5. The molecule has 4 aromatic heterocycles. The van der Waals surface area contributed by atoms with Gasteiger partial charge >= 0.3 is 0 Å². The molecule has 0 bridgehead atoms. The highest BCUT2D eigenvalue weighted by molar-refractivity contribution is 6.04. The van der Waals surface area contributed by atoms with E-state index in [2.05, 4.69) is 30.4 Å². The van der Waals surface area contributed by atoms with Crippen LogP contribution in [0.25, 0.3) is 16.7 Å². The fourth-order valence-corrected chi connectivity index (χ4v) is 3.81. The Bertz CT molecular complexity index is 1640. The summed E-state index contributed by atoms with van der Waals surface area (Å²) in [5.41, 5.74) is 1.50. The van der Waals surface area contributed by atoms with Gasteiger partial charge in [-0.15, -0.1) is 0 Å². The Balaban J connectivity index is 1.34.